The first-order valence-electron chi connectivity index (χ1n) is 8.40. The Kier molecular flexibility index (Phi) is 3.70. The first-order valence-corrected chi connectivity index (χ1v) is 8.40. The van der Waals surface area contributed by atoms with Gasteiger partial charge in [0.2, 0.25) is 0 Å². The summed E-state index contributed by atoms with van der Waals surface area (Å²) < 4.78 is 5.28. The maximum Gasteiger partial charge on any atom is 0.118 e. The van der Waals surface area contributed by atoms with E-state index in [0.29, 0.717) is 0 Å². The molecule has 0 aliphatic heterocycles. The zero-order chi connectivity index (χ0) is 17.4. The van der Waals surface area contributed by atoms with Gasteiger partial charge in [0.15, 0.2) is 0 Å². The van der Waals surface area contributed by atoms with Crippen LogP contribution in [0.2, 0.25) is 0 Å². The van der Waals surface area contributed by atoms with Crippen molar-refractivity contribution >= 4 is 11.1 Å². The minimum Gasteiger partial charge on any atom is -0.497 e. The minimum atomic E-state index is -1.05. The summed E-state index contributed by atoms with van der Waals surface area (Å²) in [6, 6.07) is 26.2. The Morgan fingerprint density at radius 1 is 0.760 bits per heavy atom. The third kappa shape index (κ3) is 2.46. The second-order valence-electron chi connectivity index (χ2n) is 6.46. The molecule has 0 radical (unpaired) electrons. The van der Waals surface area contributed by atoms with Crippen LogP contribution in [-0.4, -0.2) is 12.2 Å². The molecule has 25 heavy (non-hydrogen) atoms. The fraction of sp³-hybridized carbons (Fsp3) is 0.130. The van der Waals surface area contributed by atoms with Crippen LogP contribution in [0.5, 0.6) is 5.75 Å². The lowest BCUT2D eigenvalue weighted by molar-refractivity contribution is 0.125. The highest BCUT2D eigenvalue weighted by Gasteiger charge is 2.40. The third-order valence-corrected chi connectivity index (χ3v) is 4.90. The predicted octanol–water partition coefficient (Wildman–Crippen LogP) is 4.88. The van der Waals surface area contributed by atoms with Crippen molar-refractivity contribution in [2.24, 2.45) is 0 Å². The van der Waals surface area contributed by atoms with Crippen molar-refractivity contribution < 1.29 is 9.84 Å². The number of fused-ring (bicyclic) bond motifs is 1. The Morgan fingerprint density at radius 3 is 2.08 bits per heavy atom. The minimum absolute atomic E-state index is 0.806. The molecule has 1 N–H and O–H groups in total. The van der Waals surface area contributed by atoms with Gasteiger partial charge in [0.1, 0.15) is 11.4 Å². The normalized spacial score (nSPS) is 19.0. The van der Waals surface area contributed by atoms with Gasteiger partial charge in [-0.1, -0.05) is 66.7 Å². The molecule has 2 heteroatoms. The van der Waals surface area contributed by atoms with Crippen molar-refractivity contribution in [2.45, 2.75) is 12.5 Å². The van der Waals surface area contributed by atoms with Crippen LogP contribution >= 0.6 is 0 Å². The van der Waals surface area contributed by atoms with Crippen molar-refractivity contribution in [3.63, 3.8) is 0 Å². The van der Waals surface area contributed by atoms with Gasteiger partial charge in [-0.3, -0.25) is 0 Å². The van der Waals surface area contributed by atoms with E-state index in [2.05, 4.69) is 18.2 Å². The Hall–Kier alpha value is -2.84. The zero-order valence-corrected chi connectivity index (χ0v) is 14.4. The number of aliphatic hydroxyl groups is 1. The molecule has 1 atom stereocenters. The standard InChI is InChI=1S/C23H20O2/c1-23(24)20-11-7-6-10-19(20)21(16-8-4-3-5-9-16)22(23)17-12-14-18(25-2)15-13-17/h3-15,24H,1-2H3. The van der Waals surface area contributed by atoms with Gasteiger partial charge in [-0.05, 0) is 46.9 Å². The number of hydrogen-bond acceptors (Lipinski definition) is 2. The second kappa shape index (κ2) is 5.91. The van der Waals surface area contributed by atoms with Crippen LogP contribution in [0.3, 0.4) is 0 Å². The van der Waals surface area contributed by atoms with Crippen LogP contribution in [-0.2, 0) is 5.60 Å². The topological polar surface area (TPSA) is 29.5 Å². The second-order valence-corrected chi connectivity index (χ2v) is 6.46. The number of ether oxygens (including phenoxy) is 1. The van der Waals surface area contributed by atoms with Crippen molar-refractivity contribution in [1.82, 2.24) is 0 Å². The van der Waals surface area contributed by atoms with Gasteiger partial charge in [-0.15, -0.1) is 0 Å². The highest BCUT2D eigenvalue weighted by molar-refractivity contribution is 6.06. The smallest absolute Gasteiger partial charge is 0.118 e. The summed E-state index contributed by atoms with van der Waals surface area (Å²) in [5.41, 5.74) is 5.12. The average Bonchev–Trinajstić information content (AvgIpc) is 2.90. The lowest BCUT2D eigenvalue weighted by Crippen LogP contribution is -2.20. The van der Waals surface area contributed by atoms with Gasteiger partial charge in [0.05, 0.1) is 7.11 Å². The van der Waals surface area contributed by atoms with E-state index < -0.39 is 5.60 Å². The number of rotatable bonds is 3. The molecule has 0 fully saturated rings. The van der Waals surface area contributed by atoms with Crippen molar-refractivity contribution in [1.29, 1.82) is 0 Å². The summed E-state index contributed by atoms with van der Waals surface area (Å²) in [4.78, 5) is 0. The lowest BCUT2D eigenvalue weighted by Gasteiger charge is -2.24. The van der Waals surface area contributed by atoms with E-state index in [1.165, 1.54) is 0 Å². The summed E-state index contributed by atoms with van der Waals surface area (Å²) in [6.07, 6.45) is 0. The van der Waals surface area contributed by atoms with E-state index in [9.17, 15) is 5.11 Å². The van der Waals surface area contributed by atoms with Gasteiger partial charge in [0, 0.05) is 5.57 Å². The Labute approximate surface area is 148 Å². The molecular weight excluding hydrogens is 308 g/mol. The molecule has 2 nitrogen and oxygen atoms in total. The van der Waals surface area contributed by atoms with Gasteiger partial charge < -0.3 is 9.84 Å². The number of benzene rings is 3. The van der Waals surface area contributed by atoms with E-state index in [-0.39, 0.29) is 0 Å². The third-order valence-electron chi connectivity index (χ3n) is 4.90. The molecule has 1 aliphatic carbocycles. The van der Waals surface area contributed by atoms with E-state index in [0.717, 1.165) is 39.1 Å². The number of hydrogen-bond donors (Lipinski definition) is 1. The first-order chi connectivity index (χ1) is 12.1. The van der Waals surface area contributed by atoms with E-state index >= 15 is 0 Å². The maximum absolute atomic E-state index is 11.4. The number of methoxy groups -OCH3 is 1. The highest BCUT2D eigenvalue weighted by Crippen LogP contribution is 2.51. The van der Waals surface area contributed by atoms with Crippen LogP contribution in [0.15, 0.2) is 78.9 Å². The fourth-order valence-electron chi connectivity index (χ4n) is 3.73. The van der Waals surface area contributed by atoms with Gasteiger partial charge in [-0.25, -0.2) is 0 Å². The maximum atomic E-state index is 11.4. The van der Waals surface area contributed by atoms with Crippen LogP contribution in [0.25, 0.3) is 11.1 Å². The SMILES string of the molecule is COc1ccc(C2=C(c3ccccc3)c3ccccc3C2(C)O)cc1. The quantitative estimate of drug-likeness (QED) is 0.743. The van der Waals surface area contributed by atoms with Gasteiger partial charge >= 0.3 is 0 Å². The van der Waals surface area contributed by atoms with Crippen molar-refractivity contribution in [3.05, 3.63) is 101 Å². The van der Waals surface area contributed by atoms with Gasteiger partial charge in [0.25, 0.3) is 0 Å². The molecule has 0 amide bonds. The van der Waals surface area contributed by atoms with Crippen LogP contribution in [0.4, 0.5) is 0 Å². The highest BCUT2D eigenvalue weighted by atomic mass is 16.5. The molecule has 0 aromatic heterocycles. The average molecular weight is 328 g/mol. The molecule has 0 spiro atoms. The molecule has 0 saturated heterocycles. The molecule has 0 bridgehead atoms. The van der Waals surface area contributed by atoms with Crippen LogP contribution in [0.1, 0.15) is 29.2 Å². The van der Waals surface area contributed by atoms with E-state index in [1.54, 1.807) is 7.11 Å². The Morgan fingerprint density at radius 2 is 1.40 bits per heavy atom. The van der Waals surface area contributed by atoms with Crippen molar-refractivity contribution in [2.75, 3.05) is 7.11 Å². The first kappa shape index (κ1) is 15.7. The Bertz CT molecular complexity index is 935. The van der Waals surface area contributed by atoms with Crippen LogP contribution < -0.4 is 4.74 Å². The molecule has 0 heterocycles. The monoisotopic (exact) mass is 328 g/mol. The predicted molar refractivity (Wildman–Crippen MR) is 101 cm³/mol. The van der Waals surface area contributed by atoms with E-state index in [1.807, 2.05) is 67.6 Å². The van der Waals surface area contributed by atoms with E-state index in [4.69, 9.17) is 4.74 Å². The summed E-state index contributed by atoms with van der Waals surface area (Å²) in [5, 5.41) is 11.4. The summed E-state index contributed by atoms with van der Waals surface area (Å²) in [5.74, 6) is 0.806. The molecule has 124 valence electrons. The molecular formula is C23H20O2. The lowest BCUT2D eigenvalue weighted by atomic mass is 9.87. The van der Waals surface area contributed by atoms with Crippen molar-refractivity contribution in [3.8, 4) is 5.75 Å². The molecule has 3 aromatic rings. The zero-order valence-electron chi connectivity index (χ0n) is 14.4. The molecule has 0 saturated carbocycles. The molecule has 1 aliphatic rings. The Balaban J connectivity index is 2.02. The summed E-state index contributed by atoms with van der Waals surface area (Å²) in [7, 11) is 1.66. The fourth-order valence-corrected chi connectivity index (χ4v) is 3.73. The summed E-state index contributed by atoms with van der Waals surface area (Å²) >= 11 is 0. The molecule has 4 rings (SSSR count). The van der Waals surface area contributed by atoms with Crippen LogP contribution in [0, 0.1) is 0 Å². The van der Waals surface area contributed by atoms with Gasteiger partial charge in [-0.2, -0.15) is 0 Å². The summed E-state index contributed by atoms with van der Waals surface area (Å²) in [6.45, 7) is 1.88. The largest absolute Gasteiger partial charge is 0.497 e. The molecule has 1 unspecified atom stereocenters. The molecule has 3 aromatic carbocycles.